The maximum atomic E-state index is 13.7. The van der Waals surface area contributed by atoms with Gasteiger partial charge in [-0.1, -0.05) is 39.8 Å². The molecule has 2 saturated heterocycles. The van der Waals surface area contributed by atoms with Gasteiger partial charge in [-0.25, -0.2) is 19.6 Å². The van der Waals surface area contributed by atoms with Crippen LogP contribution in [0.25, 0.3) is 44.8 Å². The number of rotatable bonds is 11. The number of furan rings is 1. The van der Waals surface area contributed by atoms with E-state index in [4.69, 9.17) is 23.9 Å². The Kier molecular flexibility index (Phi) is 11.7. The fraction of sp³-hybridized carbons (Fsp3) is 0.489. The summed E-state index contributed by atoms with van der Waals surface area (Å²) in [6, 6.07) is 11.2. The van der Waals surface area contributed by atoms with Crippen molar-refractivity contribution in [2.45, 2.75) is 103 Å². The average molecular weight is 821 g/mol. The van der Waals surface area contributed by atoms with E-state index in [2.05, 4.69) is 44.9 Å². The molecule has 5 heterocycles. The third-order valence-electron chi connectivity index (χ3n) is 12.5. The van der Waals surface area contributed by atoms with Gasteiger partial charge < -0.3 is 44.5 Å². The van der Waals surface area contributed by atoms with Crippen molar-refractivity contribution < 1.29 is 33.4 Å². The van der Waals surface area contributed by atoms with Crippen molar-refractivity contribution in [2.24, 2.45) is 11.8 Å². The number of nitrogens with one attached hydrogen (secondary N) is 4. The van der Waals surface area contributed by atoms with E-state index >= 15 is 0 Å². The highest BCUT2D eigenvalue weighted by Crippen LogP contribution is 2.42. The number of alkyl carbamates (subject to hydrolysis) is 2. The summed E-state index contributed by atoms with van der Waals surface area (Å²) in [7, 11) is 2.62. The number of aryl methyl sites for hydroxylation is 2. The number of aromatic nitrogens is 4. The number of benzene rings is 2. The van der Waals surface area contributed by atoms with Crippen LogP contribution in [0.15, 0.2) is 53.2 Å². The van der Waals surface area contributed by atoms with Crippen LogP contribution in [-0.4, -0.2) is 98.6 Å². The molecule has 3 aliphatic rings. The van der Waals surface area contributed by atoms with Gasteiger partial charge in [-0.15, -0.1) is 0 Å². The summed E-state index contributed by atoms with van der Waals surface area (Å²) in [5.41, 5.74) is 8.09. The molecule has 0 radical (unpaired) electrons. The number of carbonyl (C=O) groups excluding carboxylic acids is 3. The van der Waals surface area contributed by atoms with Crippen molar-refractivity contribution in [3.05, 3.63) is 71.6 Å². The van der Waals surface area contributed by atoms with Crippen LogP contribution in [0.5, 0.6) is 0 Å². The highest BCUT2D eigenvalue weighted by atomic mass is 16.5. The normalized spacial score (nSPS) is 19.5. The van der Waals surface area contributed by atoms with Crippen molar-refractivity contribution in [1.29, 1.82) is 0 Å². The number of carbonyl (C=O) groups is 3. The second kappa shape index (κ2) is 17.1. The number of fused-ring (bicyclic) bond motifs is 5. The summed E-state index contributed by atoms with van der Waals surface area (Å²) >= 11 is 0. The number of aliphatic hydroxyl groups is 1. The van der Waals surface area contributed by atoms with Crippen LogP contribution in [0.3, 0.4) is 0 Å². The number of ether oxygens (including phenoxy) is 2. The number of aromatic amines is 2. The van der Waals surface area contributed by atoms with Gasteiger partial charge in [0.15, 0.2) is 0 Å². The summed E-state index contributed by atoms with van der Waals surface area (Å²) in [4.78, 5) is 58.3. The van der Waals surface area contributed by atoms with E-state index in [9.17, 15) is 19.5 Å². The first-order valence-electron chi connectivity index (χ1n) is 21.2. The SMILES string of the molecule is COC(=O)N[C@@H](C(C)C)C(O)N1CCC[C@H]1c1ncc(-c2ccc3c(c2)CCCc2c-3oc3ccc(-c4cnc([C@@H]5CCCN5C(=O)[C@@H](NC(=O)OC)C(C)C)[nH]4)cc23)[nH]1. The number of likely N-dealkylation sites (tertiary alicyclic amines) is 2. The second-order valence-electron chi connectivity index (χ2n) is 17.0. The van der Waals surface area contributed by atoms with Crippen LogP contribution in [0.4, 0.5) is 9.59 Å². The third-order valence-corrected chi connectivity index (χ3v) is 12.5. The van der Waals surface area contributed by atoms with Crippen LogP contribution in [0.2, 0.25) is 0 Å². The molecule has 3 amide bonds. The molecule has 60 heavy (non-hydrogen) atoms. The molecule has 0 bridgehead atoms. The number of amides is 3. The Morgan fingerprint density at radius 1 is 0.817 bits per heavy atom. The molecule has 15 nitrogen and oxygen atoms in total. The number of nitrogens with zero attached hydrogens (tertiary/aromatic N) is 4. The Bertz CT molecular complexity index is 2360. The van der Waals surface area contributed by atoms with Gasteiger partial charge in [-0.05, 0) is 92.2 Å². The van der Waals surface area contributed by atoms with Crippen molar-refractivity contribution in [1.82, 2.24) is 40.4 Å². The lowest BCUT2D eigenvalue weighted by atomic mass is 9.98. The first kappa shape index (κ1) is 41.1. The fourth-order valence-corrected chi connectivity index (χ4v) is 9.31. The molecular formula is C45H56N8O7. The molecule has 8 rings (SSSR count). The van der Waals surface area contributed by atoms with Gasteiger partial charge in [-0.2, -0.15) is 0 Å². The molecule has 5 atom stereocenters. The molecule has 0 saturated carbocycles. The molecule has 318 valence electrons. The summed E-state index contributed by atoms with van der Waals surface area (Å²) in [6.07, 6.45) is 7.71. The second-order valence-corrected chi connectivity index (χ2v) is 17.0. The average Bonchev–Trinajstić information content (AvgIpc) is 4.10. The van der Waals surface area contributed by atoms with Crippen LogP contribution in [0, 0.1) is 11.8 Å². The molecule has 2 fully saturated rings. The molecule has 1 unspecified atom stereocenters. The Labute approximate surface area is 349 Å². The lowest BCUT2D eigenvalue weighted by molar-refractivity contribution is -0.135. The summed E-state index contributed by atoms with van der Waals surface area (Å²) in [5, 5.41) is 18.0. The number of methoxy groups -OCH3 is 2. The largest absolute Gasteiger partial charge is 0.456 e. The van der Waals surface area contributed by atoms with Gasteiger partial charge in [0.25, 0.3) is 0 Å². The molecule has 2 aromatic carbocycles. The fourth-order valence-electron chi connectivity index (χ4n) is 9.31. The van der Waals surface area contributed by atoms with Gasteiger partial charge in [0.05, 0.1) is 56.1 Å². The first-order valence-corrected chi connectivity index (χ1v) is 21.2. The Morgan fingerprint density at radius 3 is 2.17 bits per heavy atom. The zero-order valence-electron chi connectivity index (χ0n) is 35.2. The molecule has 5 N–H and O–H groups in total. The minimum absolute atomic E-state index is 0.0115. The molecule has 1 aliphatic carbocycles. The first-order chi connectivity index (χ1) is 28.9. The highest BCUT2D eigenvalue weighted by Gasteiger charge is 2.39. The summed E-state index contributed by atoms with van der Waals surface area (Å²) in [6.45, 7) is 9.03. The lowest BCUT2D eigenvalue weighted by Gasteiger charge is -2.35. The van der Waals surface area contributed by atoms with Crippen molar-refractivity contribution in [3.63, 3.8) is 0 Å². The van der Waals surface area contributed by atoms with E-state index in [1.165, 1.54) is 25.3 Å². The van der Waals surface area contributed by atoms with Gasteiger partial charge in [0, 0.05) is 35.2 Å². The van der Waals surface area contributed by atoms with Crippen LogP contribution >= 0.6 is 0 Å². The van der Waals surface area contributed by atoms with Crippen molar-refractivity contribution >= 4 is 29.1 Å². The van der Waals surface area contributed by atoms with Crippen molar-refractivity contribution in [2.75, 3.05) is 27.3 Å². The number of imidazole rings is 2. The Balaban J connectivity index is 1.01. The molecule has 0 spiro atoms. The third kappa shape index (κ3) is 7.87. The standard InChI is InChI=1S/C45H56N8O7/c1-24(2)37(50-44(56)58-5)42(54)52-18-8-12-34(52)40-46-22-32(48-40)27-14-16-29-26(20-27)10-7-11-30-31-21-28(15-17-36(31)60-39(29)30)33-23-47-41(49-33)35-13-9-19-53(35)43(55)38(25(3)4)51-45(57)59-6/h14-17,20-25,34-35,37-38,42,54H,7-13,18-19H2,1-6H3,(H,46,48)(H,47,49)(H,50,56)(H,51,57)/t34-,35-,37-,38-,42?/m0/s1. The van der Waals surface area contributed by atoms with Gasteiger partial charge in [0.2, 0.25) is 5.91 Å². The number of hydrogen-bond donors (Lipinski definition) is 5. The quantitative estimate of drug-likeness (QED) is 0.0908. The highest BCUT2D eigenvalue weighted by molar-refractivity contribution is 5.92. The van der Waals surface area contributed by atoms with Crippen LogP contribution in [0.1, 0.15) is 94.7 Å². The number of H-pyrrole nitrogens is 2. The van der Waals surface area contributed by atoms with E-state index in [0.717, 1.165) is 101 Å². The number of aliphatic hydroxyl groups excluding tert-OH is 1. The molecular weight excluding hydrogens is 765 g/mol. The van der Waals surface area contributed by atoms with E-state index in [1.807, 2.05) is 62.0 Å². The predicted octanol–water partition coefficient (Wildman–Crippen LogP) is 7.25. The van der Waals surface area contributed by atoms with Crippen molar-refractivity contribution in [3.8, 4) is 33.8 Å². The molecule has 3 aromatic heterocycles. The topological polar surface area (TPSA) is 191 Å². The zero-order valence-corrected chi connectivity index (χ0v) is 35.2. The van der Waals surface area contributed by atoms with Gasteiger partial charge >= 0.3 is 12.2 Å². The molecule has 15 heteroatoms. The van der Waals surface area contributed by atoms with Gasteiger partial charge in [-0.3, -0.25) is 9.69 Å². The Hall–Kier alpha value is -5.67. The van der Waals surface area contributed by atoms with E-state index < -0.39 is 30.5 Å². The van der Waals surface area contributed by atoms with E-state index in [-0.39, 0.29) is 29.8 Å². The maximum absolute atomic E-state index is 13.7. The molecule has 2 aliphatic heterocycles. The van der Waals surface area contributed by atoms with E-state index in [1.54, 1.807) is 0 Å². The van der Waals surface area contributed by atoms with Crippen LogP contribution < -0.4 is 10.6 Å². The zero-order chi connectivity index (χ0) is 42.2. The van der Waals surface area contributed by atoms with Crippen LogP contribution in [-0.2, 0) is 27.1 Å². The minimum Gasteiger partial charge on any atom is -0.456 e. The predicted molar refractivity (Wildman–Crippen MR) is 226 cm³/mol. The van der Waals surface area contributed by atoms with Gasteiger partial charge in [0.1, 0.15) is 35.3 Å². The minimum atomic E-state index is -0.898. The van der Waals surface area contributed by atoms with E-state index in [0.29, 0.717) is 13.1 Å². The lowest BCUT2D eigenvalue weighted by Crippen LogP contribution is -2.54. The summed E-state index contributed by atoms with van der Waals surface area (Å²) < 4.78 is 16.2. The maximum Gasteiger partial charge on any atom is 0.407 e. The Morgan fingerprint density at radius 2 is 1.47 bits per heavy atom. The smallest absolute Gasteiger partial charge is 0.407 e. The summed E-state index contributed by atoms with van der Waals surface area (Å²) in [5.74, 6) is 2.15. The number of hydrogen-bond acceptors (Lipinski definition) is 10. The molecule has 5 aromatic rings. The monoisotopic (exact) mass is 820 g/mol.